The average molecular weight is 459 g/mol. The average Bonchev–Trinajstić information content (AvgIpc) is 3.44. The Hall–Kier alpha value is -1.51. The molecule has 0 aromatic heterocycles. The van der Waals surface area contributed by atoms with Crippen molar-refractivity contribution in [1.29, 1.82) is 0 Å². The van der Waals surface area contributed by atoms with Gasteiger partial charge in [0.05, 0.1) is 0 Å². The minimum atomic E-state index is 0. The number of nitrogens with zero attached hydrogens (tertiary/aromatic N) is 1. The molecule has 0 saturated heterocycles. The first-order chi connectivity index (χ1) is 11.8. The van der Waals surface area contributed by atoms with Gasteiger partial charge in [0, 0.05) is 44.3 Å². The van der Waals surface area contributed by atoms with Gasteiger partial charge in [0.15, 0.2) is 5.96 Å². The normalized spacial score (nSPS) is 13.6. The van der Waals surface area contributed by atoms with Crippen molar-refractivity contribution in [1.82, 2.24) is 16.0 Å². The van der Waals surface area contributed by atoms with Crippen LogP contribution in [0.2, 0.25) is 0 Å². The highest BCUT2D eigenvalue weighted by atomic mass is 127. The molecule has 0 radical (unpaired) electrons. The van der Waals surface area contributed by atoms with Crippen molar-refractivity contribution in [2.45, 2.75) is 26.2 Å². The van der Waals surface area contributed by atoms with Gasteiger partial charge in [0.25, 0.3) is 0 Å². The van der Waals surface area contributed by atoms with Gasteiger partial charge in [-0.25, -0.2) is 0 Å². The van der Waals surface area contributed by atoms with Crippen molar-refractivity contribution in [3.05, 3.63) is 30.3 Å². The van der Waals surface area contributed by atoms with E-state index in [1.54, 1.807) is 0 Å². The summed E-state index contributed by atoms with van der Waals surface area (Å²) in [5.41, 5.74) is 1.14. The van der Waals surface area contributed by atoms with Gasteiger partial charge in [-0.3, -0.25) is 9.79 Å². The summed E-state index contributed by atoms with van der Waals surface area (Å²) in [6.45, 7) is 5.83. The summed E-state index contributed by atoms with van der Waals surface area (Å²) in [6.07, 6.45) is 3.05. The topological polar surface area (TPSA) is 77.6 Å². The van der Waals surface area contributed by atoms with Crippen molar-refractivity contribution < 1.29 is 4.79 Å². The summed E-state index contributed by atoms with van der Waals surface area (Å²) < 4.78 is 0. The van der Waals surface area contributed by atoms with Crippen LogP contribution in [0.1, 0.15) is 26.2 Å². The van der Waals surface area contributed by atoms with Crippen LogP contribution in [0.5, 0.6) is 0 Å². The number of guanidine groups is 1. The molecule has 0 heterocycles. The van der Waals surface area contributed by atoms with E-state index >= 15 is 0 Å². The summed E-state index contributed by atoms with van der Waals surface area (Å²) >= 11 is 0. The molecule has 1 amide bonds. The maximum absolute atomic E-state index is 11.5. The largest absolute Gasteiger partial charge is 0.385 e. The molecule has 1 fully saturated rings. The number of hydrogen-bond donors (Lipinski definition) is 4. The van der Waals surface area contributed by atoms with E-state index in [1.807, 2.05) is 25.1 Å². The van der Waals surface area contributed by atoms with E-state index in [0.29, 0.717) is 13.1 Å². The third-order valence-electron chi connectivity index (χ3n) is 3.72. The van der Waals surface area contributed by atoms with Gasteiger partial charge in [-0.2, -0.15) is 0 Å². The standard InChI is InChI=1S/C18H29N5O.HI/c1-2-19-18(23-14-13-21-17(24)15-9-10-15)22-12-6-11-20-16-7-4-3-5-8-16;/h3-5,7-8,15,20H,2,6,9-14H2,1H3,(H,21,24)(H2,19,22,23);1H. The zero-order chi connectivity index (χ0) is 17.0. The maximum Gasteiger partial charge on any atom is 0.223 e. The minimum absolute atomic E-state index is 0. The van der Waals surface area contributed by atoms with E-state index in [9.17, 15) is 4.79 Å². The first-order valence-corrected chi connectivity index (χ1v) is 8.88. The zero-order valence-electron chi connectivity index (χ0n) is 14.9. The number of halogens is 1. The molecule has 4 N–H and O–H groups in total. The molecule has 7 heteroatoms. The summed E-state index contributed by atoms with van der Waals surface area (Å²) in [5.74, 6) is 1.26. The summed E-state index contributed by atoms with van der Waals surface area (Å²) in [4.78, 5) is 16.1. The Bertz CT molecular complexity index is 519. The Morgan fingerprint density at radius 2 is 1.80 bits per heavy atom. The summed E-state index contributed by atoms with van der Waals surface area (Å²) in [5, 5.41) is 12.8. The van der Waals surface area contributed by atoms with E-state index in [2.05, 4.69) is 38.4 Å². The van der Waals surface area contributed by atoms with Crippen LogP contribution < -0.4 is 21.3 Å². The number of anilines is 1. The van der Waals surface area contributed by atoms with Crippen LogP contribution in [0.25, 0.3) is 0 Å². The molecule has 1 aromatic rings. The van der Waals surface area contributed by atoms with Gasteiger partial charge in [-0.05, 0) is 38.3 Å². The fourth-order valence-electron chi connectivity index (χ4n) is 2.26. The molecule has 2 rings (SSSR count). The molecule has 25 heavy (non-hydrogen) atoms. The fourth-order valence-corrected chi connectivity index (χ4v) is 2.26. The Balaban J connectivity index is 0.00000312. The van der Waals surface area contributed by atoms with Crippen molar-refractivity contribution in [2.24, 2.45) is 10.9 Å². The molecule has 0 aliphatic heterocycles. The molecule has 1 aromatic carbocycles. The highest BCUT2D eigenvalue weighted by Gasteiger charge is 2.28. The summed E-state index contributed by atoms with van der Waals surface area (Å²) in [6, 6.07) is 10.2. The second-order valence-electron chi connectivity index (χ2n) is 5.90. The van der Waals surface area contributed by atoms with Crippen LogP contribution in [-0.2, 0) is 4.79 Å². The number of rotatable bonds is 10. The number of amides is 1. The third kappa shape index (κ3) is 9.52. The lowest BCUT2D eigenvalue weighted by Crippen LogP contribution is -2.41. The third-order valence-corrected chi connectivity index (χ3v) is 3.72. The predicted octanol–water partition coefficient (Wildman–Crippen LogP) is 2.19. The van der Waals surface area contributed by atoms with Gasteiger partial charge in [-0.15, -0.1) is 24.0 Å². The van der Waals surface area contributed by atoms with Crippen LogP contribution >= 0.6 is 24.0 Å². The Morgan fingerprint density at radius 3 is 2.48 bits per heavy atom. The van der Waals surface area contributed by atoms with E-state index < -0.39 is 0 Å². The number of para-hydroxylation sites is 1. The van der Waals surface area contributed by atoms with Gasteiger partial charge in [0.2, 0.25) is 5.91 Å². The highest BCUT2D eigenvalue weighted by molar-refractivity contribution is 14.0. The van der Waals surface area contributed by atoms with Gasteiger partial charge in [0.1, 0.15) is 0 Å². The molecule has 6 nitrogen and oxygen atoms in total. The van der Waals surface area contributed by atoms with Crippen molar-refractivity contribution in [2.75, 3.05) is 38.0 Å². The molecule has 140 valence electrons. The number of benzene rings is 1. The molecular weight excluding hydrogens is 429 g/mol. The van der Waals surface area contributed by atoms with Crippen LogP contribution in [0.15, 0.2) is 35.3 Å². The predicted molar refractivity (Wildman–Crippen MR) is 115 cm³/mol. The Morgan fingerprint density at radius 1 is 1.08 bits per heavy atom. The molecule has 0 bridgehead atoms. The van der Waals surface area contributed by atoms with Crippen LogP contribution in [-0.4, -0.2) is 44.6 Å². The van der Waals surface area contributed by atoms with E-state index in [0.717, 1.165) is 50.5 Å². The van der Waals surface area contributed by atoms with Crippen molar-refractivity contribution >= 4 is 41.5 Å². The number of carbonyl (C=O) groups excluding carboxylic acids is 1. The van der Waals surface area contributed by atoms with Crippen LogP contribution in [0.3, 0.4) is 0 Å². The van der Waals surface area contributed by atoms with E-state index in [1.165, 1.54) is 0 Å². The SMILES string of the molecule is CCNC(=NCCCNc1ccccc1)NCCNC(=O)C1CC1.I. The quantitative estimate of drug-likeness (QED) is 0.187. The second kappa shape index (κ2) is 12.8. The molecule has 0 atom stereocenters. The van der Waals surface area contributed by atoms with E-state index in [-0.39, 0.29) is 35.8 Å². The molecule has 1 aliphatic carbocycles. The lowest BCUT2D eigenvalue weighted by molar-refractivity contribution is -0.122. The zero-order valence-corrected chi connectivity index (χ0v) is 17.2. The first-order valence-electron chi connectivity index (χ1n) is 8.88. The van der Waals surface area contributed by atoms with E-state index in [4.69, 9.17) is 0 Å². The lowest BCUT2D eigenvalue weighted by Gasteiger charge is -2.12. The number of carbonyl (C=O) groups is 1. The maximum atomic E-state index is 11.5. The molecular formula is C18H30IN5O. The smallest absolute Gasteiger partial charge is 0.223 e. The number of hydrogen-bond acceptors (Lipinski definition) is 3. The Kier molecular flexibility index (Phi) is 11.0. The first kappa shape index (κ1) is 21.5. The minimum Gasteiger partial charge on any atom is -0.385 e. The summed E-state index contributed by atoms with van der Waals surface area (Å²) in [7, 11) is 0. The molecule has 1 aliphatic rings. The molecule has 1 saturated carbocycles. The number of nitrogens with one attached hydrogen (secondary N) is 4. The monoisotopic (exact) mass is 459 g/mol. The van der Waals surface area contributed by atoms with Crippen molar-refractivity contribution in [3.8, 4) is 0 Å². The lowest BCUT2D eigenvalue weighted by atomic mass is 10.3. The Labute approximate surface area is 167 Å². The number of aliphatic imine (C=N–C) groups is 1. The fraction of sp³-hybridized carbons (Fsp3) is 0.556. The van der Waals surface area contributed by atoms with Gasteiger partial charge < -0.3 is 21.3 Å². The van der Waals surface area contributed by atoms with Crippen molar-refractivity contribution in [3.63, 3.8) is 0 Å². The van der Waals surface area contributed by atoms with Crippen LogP contribution in [0.4, 0.5) is 5.69 Å². The van der Waals surface area contributed by atoms with Crippen LogP contribution in [0, 0.1) is 5.92 Å². The van der Waals surface area contributed by atoms with Gasteiger partial charge >= 0.3 is 0 Å². The molecule has 0 unspecified atom stereocenters. The molecule has 0 spiro atoms. The van der Waals surface area contributed by atoms with Gasteiger partial charge in [-0.1, -0.05) is 18.2 Å². The second-order valence-corrected chi connectivity index (χ2v) is 5.90. The highest BCUT2D eigenvalue weighted by Crippen LogP contribution is 2.28.